The van der Waals surface area contributed by atoms with E-state index in [1.807, 2.05) is 13.0 Å². The Bertz CT molecular complexity index is 438. The maximum atomic E-state index is 5.81. The molecule has 98 valence electrons. The molecule has 1 aromatic rings. The van der Waals surface area contributed by atoms with E-state index in [4.69, 9.17) is 10.5 Å². The summed E-state index contributed by atoms with van der Waals surface area (Å²) in [6.45, 7) is 2.84. The van der Waals surface area contributed by atoms with Gasteiger partial charge in [-0.05, 0) is 26.2 Å². The van der Waals surface area contributed by atoms with E-state index in [0.29, 0.717) is 24.2 Å². The van der Waals surface area contributed by atoms with E-state index in [9.17, 15) is 0 Å². The molecule has 6 heteroatoms. The number of nitrogens with one attached hydrogen (secondary N) is 2. The Hall–Kier alpha value is -1.56. The molecule has 3 atom stereocenters. The highest BCUT2D eigenvalue weighted by atomic mass is 16.5. The van der Waals surface area contributed by atoms with Crippen LogP contribution in [0.4, 0.5) is 17.6 Å². The topological polar surface area (TPSA) is 85.1 Å². The smallest absolute Gasteiger partial charge is 0.223 e. The van der Waals surface area contributed by atoms with Crippen molar-refractivity contribution in [3.8, 4) is 0 Å². The molecule has 3 heterocycles. The van der Waals surface area contributed by atoms with Gasteiger partial charge in [-0.15, -0.1) is 0 Å². The third-order valence-electron chi connectivity index (χ3n) is 3.54. The van der Waals surface area contributed by atoms with Crippen LogP contribution in [0.15, 0.2) is 6.07 Å². The van der Waals surface area contributed by atoms with Crippen LogP contribution in [-0.4, -0.2) is 34.8 Å². The summed E-state index contributed by atoms with van der Waals surface area (Å²) in [6, 6.07) is 2.25. The summed E-state index contributed by atoms with van der Waals surface area (Å²) in [4.78, 5) is 8.35. The zero-order valence-electron chi connectivity index (χ0n) is 10.5. The van der Waals surface area contributed by atoms with Crippen LogP contribution in [0.5, 0.6) is 0 Å². The third kappa shape index (κ3) is 2.20. The van der Waals surface area contributed by atoms with Crippen molar-refractivity contribution in [3.05, 3.63) is 6.07 Å². The molecule has 3 unspecified atom stereocenters. The van der Waals surface area contributed by atoms with Crippen molar-refractivity contribution in [3.63, 3.8) is 0 Å². The van der Waals surface area contributed by atoms with Crippen molar-refractivity contribution in [1.82, 2.24) is 9.97 Å². The molecule has 2 bridgehead atoms. The molecule has 1 aromatic heterocycles. The highest BCUT2D eigenvalue weighted by Crippen LogP contribution is 2.35. The zero-order chi connectivity index (χ0) is 12.5. The van der Waals surface area contributed by atoms with E-state index in [0.717, 1.165) is 31.0 Å². The number of hydrogen-bond acceptors (Lipinski definition) is 6. The average molecular weight is 249 g/mol. The fraction of sp³-hybridized carbons (Fsp3) is 0.667. The van der Waals surface area contributed by atoms with Crippen LogP contribution in [0.2, 0.25) is 0 Å². The van der Waals surface area contributed by atoms with Gasteiger partial charge in [0.25, 0.3) is 0 Å². The van der Waals surface area contributed by atoms with Crippen molar-refractivity contribution in [2.24, 2.45) is 0 Å². The second-order valence-corrected chi connectivity index (χ2v) is 4.89. The molecule has 0 aliphatic carbocycles. The summed E-state index contributed by atoms with van der Waals surface area (Å²) >= 11 is 0. The van der Waals surface area contributed by atoms with E-state index in [1.165, 1.54) is 6.42 Å². The van der Waals surface area contributed by atoms with Gasteiger partial charge in [0.15, 0.2) is 0 Å². The lowest BCUT2D eigenvalue weighted by Crippen LogP contribution is -2.31. The van der Waals surface area contributed by atoms with Gasteiger partial charge in [-0.1, -0.05) is 0 Å². The van der Waals surface area contributed by atoms with E-state index in [1.54, 1.807) is 0 Å². The summed E-state index contributed by atoms with van der Waals surface area (Å²) in [7, 11) is 0. The Labute approximate surface area is 106 Å². The van der Waals surface area contributed by atoms with E-state index in [2.05, 4.69) is 20.6 Å². The predicted octanol–water partition coefficient (Wildman–Crippen LogP) is 1.22. The van der Waals surface area contributed by atoms with Gasteiger partial charge in [-0.3, -0.25) is 0 Å². The van der Waals surface area contributed by atoms with E-state index >= 15 is 0 Å². The highest BCUT2D eigenvalue weighted by Gasteiger charge is 2.40. The number of hydrogen-bond donors (Lipinski definition) is 3. The molecule has 2 aliphatic heterocycles. The first-order valence-electron chi connectivity index (χ1n) is 6.55. The SMILES string of the molecule is CCNc1cc(NC2CC3CCC2O3)nc(N)n1. The predicted molar refractivity (Wildman–Crippen MR) is 70.5 cm³/mol. The zero-order valence-corrected chi connectivity index (χ0v) is 10.5. The van der Waals surface area contributed by atoms with Crippen LogP contribution in [-0.2, 0) is 4.74 Å². The first-order valence-corrected chi connectivity index (χ1v) is 6.55. The fourth-order valence-corrected chi connectivity index (χ4v) is 2.79. The van der Waals surface area contributed by atoms with Crippen molar-refractivity contribution >= 4 is 17.6 Å². The van der Waals surface area contributed by atoms with Gasteiger partial charge in [0.2, 0.25) is 5.95 Å². The molecule has 3 rings (SSSR count). The molecule has 0 aromatic carbocycles. The van der Waals surface area contributed by atoms with Gasteiger partial charge in [-0.25, -0.2) is 0 Å². The van der Waals surface area contributed by atoms with Crippen LogP contribution in [0, 0.1) is 0 Å². The van der Waals surface area contributed by atoms with Crippen LogP contribution in [0.1, 0.15) is 26.2 Å². The van der Waals surface area contributed by atoms with Gasteiger partial charge in [-0.2, -0.15) is 9.97 Å². The molecule has 0 saturated carbocycles. The molecule has 2 saturated heterocycles. The average Bonchev–Trinajstić information content (AvgIpc) is 2.90. The Morgan fingerprint density at radius 1 is 1.39 bits per heavy atom. The first kappa shape index (κ1) is 11.5. The molecule has 18 heavy (non-hydrogen) atoms. The lowest BCUT2D eigenvalue weighted by molar-refractivity contribution is 0.102. The lowest BCUT2D eigenvalue weighted by atomic mass is 9.95. The van der Waals surface area contributed by atoms with Crippen LogP contribution in [0.3, 0.4) is 0 Å². The Balaban J connectivity index is 1.72. The third-order valence-corrected chi connectivity index (χ3v) is 3.54. The van der Waals surface area contributed by atoms with Gasteiger partial charge < -0.3 is 21.1 Å². The molecular weight excluding hydrogens is 230 g/mol. The van der Waals surface area contributed by atoms with Crippen LogP contribution < -0.4 is 16.4 Å². The number of aromatic nitrogens is 2. The van der Waals surface area contributed by atoms with Gasteiger partial charge in [0, 0.05) is 12.6 Å². The largest absolute Gasteiger partial charge is 0.373 e. The molecule has 0 radical (unpaired) electrons. The summed E-state index contributed by atoms with van der Waals surface area (Å²) in [5, 5.41) is 6.56. The molecule has 0 spiro atoms. The molecule has 2 aliphatic rings. The monoisotopic (exact) mass is 249 g/mol. The van der Waals surface area contributed by atoms with Crippen LogP contribution >= 0.6 is 0 Å². The maximum Gasteiger partial charge on any atom is 0.223 e. The normalized spacial score (nSPS) is 29.5. The van der Waals surface area contributed by atoms with E-state index in [-0.39, 0.29) is 0 Å². The minimum atomic E-state index is 0.292. The van der Waals surface area contributed by atoms with Crippen molar-refractivity contribution in [2.45, 2.75) is 44.4 Å². The molecule has 6 nitrogen and oxygen atoms in total. The summed E-state index contributed by atoms with van der Waals surface area (Å²) in [6.07, 6.45) is 4.15. The molecule has 2 fully saturated rings. The Morgan fingerprint density at radius 2 is 2.22 bits per heavy atom. The molecule has 0 amide bonds. The summed E-state index contributed by atoms with van der Waals surface area (Å²) in [5.41, 5.74) is 5.71. The quantitative estimate of drug-likeness (QED) is 0.744. The van der Waals surface area contributed by atoms with Crippen molar-refractivity contribution in [2.75, 3.05) is 22.9 Å². The van der Waals surface area contributed by atoms with Crippen molar-refractivity contribution in [1.29, 1.82) is 0 Å². The number of nitrogens with two attached hydrogens (primary N) is 1. The minimum Gasteiger partial charge on any atom is -0.373 e. The summed E-state index contributed by atoms with van der Waals surface area (Å²) in [5.74, 6) is 1.83. The number of nitrogens with zero attached hydrogens (tertiary/aromatic N) is 2. The Morgan fingerprint density at radius 3 is 2.89 bits per heavy atom. The van der Waals surface area contributed by atoms with Crippen LogP contribution in [0.25, 0.3) is 0 Å². The second kappa shape index (κ2) is 4.61. The number of rotatable bonds is 4. The van der Waals surface area contributed by atoms with Gasteiger partial charge >= 0.3 is 0 Å². The van der Waals surface area contributed by atoms with Gasteiger partial charge in [0.05, 0.1) is 18.2 Å². The van der Waals surface area contributed by atoms with Gasteiger partial charge in [0.1, 0.15) is 11.6 Å². The first-order chi connectivity index (χ1) is 8.74. The highest BCUT2D eigenvalue weighted by molar-refractivity contribution is 5.51. The second-order valence-electron chi connectivity index (χ2n) is 4.89. The Kier molecular flexibility index (Phi) is 2.95. The molecule has 4 N–H and O–H groups in total. The summed E-state index contributed by atoms with van der Waals surface area (Å²) < 4.78 is 5.81. The minimum absolute atomic E-state index is 0.292. The van der Waals surface area contributed by atoms with E-state index < -0.39 is 0 Å². The molecular formula is C12H19N5O. The number of fused-ring (bicyclic) bond motifs is 2. The van der Waals surface area contributed by atoms with Crippen molar-refractivity contribution < 1.29 is 4.74 Å². The maximum absolute atomic E-state index is 5.81. The standard InChI is InChI=1S/C12H19N5O/c1-2-14-10-6-11(17-12(13)16-10)15-8-5-7-3-4-9(8)18-7/h6-9H,2-5H2,1H3,(H4,13,14,15,16,17). The fourth-order valence-electron chi connectivity index (χ4n) is 2.79. The number of nitrogen functional groups attached to an aromatic ring is 1. The lowest BCUT2D eigenvalue weighted by Gasteiger charge is -2.20. The number of anilines is 3. The number of ether oxygens (including phenoxy) is 1.